The molecule has 5 rings (SSSR count). The summed E-state index contributed by atoms with van der Waals surface area (Å²) in [6.45, 7) is 8.85. The van der Waals surface area contributed by atoms with E-state index in [1.807, 2.05) is 89.3 Å². The average molecular weight is 721 g/mol. The van der Waals surface area contributed by atoms with Crippen LogP contribution in [0.1, 0.15) is 33.3 Å². The highest BCUT2D eigenvalue weighted by molar-refractivity contribution is 7.89. The topological polar surface area (TPSA) is 135 Å². The van der Waals surface area contributed by atoms with Gasteiger partial charge in [0.15, 0.2) is 0 Å². The molecule has 1 saturated heterocycles. The third-order valence-electron chi connectivity index (χ3n) is 9.58. The third kappa shape index (κ3) is 8.77. The van der Waals surface area contributed by atoms with Gasteiger partial charge >= 0.3 is 6.03 Å². The summed E-state index contributed by atoms with van der Waals surface area (Å²) in [5.74, 6) is -0.123. The molecule has 1 fully saturated rings. The van der Waals surface area contributed by atoms with Gasteiger partial charge in [0, 0.05) is 33.2 Å². The average Bonchev–Trinajstić information content (AvgIpc) is 3.62. The minimum atomic E-state index is -4.00. The smallest absolute Gasteiger partial charge is 0.320 e. The van der Waals surface area contributed by atoms with E-state index in [0.717, 1.165) is 16.9 Å². The lowest BCUT2D eigenvalue weighted by molar-refractivity contribution is -0.128. The number of fused-ring (bicyclic) bond motifs is 1. The van der Waals surface area contributed by atoms with Gasteiger partial charge in [0.25, 0.3) is 0 Å². The zero-order chi connectivity index (χ0) is 36.9. The van der Waals surface area contributed by atoms with E-state index >= 15 is 0 Å². The number of likely N-dealkylation sites (N-methyl/N-ethyl adjacent to an activating group) is 1. The summed E-state index contributed by atoms with van der Waals surface area (Å²) < 4.78 is 34.3. The maximum atomic E-state index is 14.2. The number of nitrogens with one attached hydrogen (secondary N) is 2. The summed E-state index contributed by atoms with van der Waals surface area (Å²) in [5.41, 5.74) is 2.95. The first-order valence-electron chi connectivity index (χ1n) is 17.6. The first-order chi connectivity index (χ1) is 24.3. The van der Waals surface area contributed by atoms with E-state index in [-0.39, 0.29) is 48.4 Å². The minimum absolute atomic E-state index is 0.0322. The van der Waals surface area contributed by atoms with Gasteiger partial charge in [-0.15, -0.1) is 0 Å². The summed E-state index contributed by atoms with van der Waals surface area (Å²) in [5, 5.41) is 18.3. The second kappa shape index (κ2) is 16.3. The molecule has 51 heavy (non-hydrogen) atoms. The fourth-order valence-corrected chi connectivity index (χ4v) is 8.51. The van der Waals surface area contributed by atoms with Gasteiger partial charge in [-0.25, -0.2) is 13.2 Å². The predicted molar refractivity (Wildman–Crippen MR) is 199 cm³/mol. The molecule has 3 amide bonds. The number of methoxy groups -OCH3 is 1. The Morgan fingerprint density at radius 3 is 2.27 bits per heavy atom. The molecule has 0 spiro atoms. The Morgan fingerprint density at radius 1 is 0.980 bits per heavy atom. The Labute approximate surface area is 302 Å². The SMILES string of the molecule is COc1ccc(S(=O)(=O)N(CC(C)C)C[C@H](O)[C@H](Cc2ccccc2)NC(=O)[C@H](C(C)C)N2CCN(CC3Nc4ccccc4N3C)C2=O)cc1. The van der Waals surface area contributed by atoms with Gasteiger partial charge in [0.1, 0.15) is 18.0 Å². The molecule has 2 aliphatic heterocycles. The van der Waals surface area contributed by atoms with Crippen LogP contribution >= 0.6 is 0 Å². The molecule has 1 unspecified atom stereocenters. The number of benzene rings is 3. The van der Waals surface area contributed by atoms with Gasteiger partial charge in [-0.1, -0.05) is 70.2 Å². The quantitative estimate of drug-likeness (QED) is 0.202. The lowest BCUT2D eigenvalue weighted by Crippen LogP contribution is -2.57. The van der Waals surface area contributed by atoms with Crippen molar-refractivity contribution in [3.8, 4) is 5.75 Å². The van der Waals surface area contributed by atoms with Crippen molar-refractivity contribution in [1.29, 1.82) is 0 Å². The maximum absolute atomic E-state index is 14.2. The number of hydrogen-bond donors (Lipinski definition) is 3. The molecule has 3 aromatic rings. The van der Waals surface area contributed by atoms with Gasteiger partial charge in [-0.2, -0.15) is 4.31 Å². The molecular formula is C38H52N6O6S. The lowest BCUT2D eigenvalue weighted by atomic mass is 9.97. The van der Waals surface area contributed by atoms with Crippen molar-refractivity contribution in [2.24, 2.45) is 11.8 Å². The Hall–Kier alpha value is -4.33. The van der Waals surface area contributed by atoms with E-state index in [2.05, 4.69) is 15.5 Å². The molecule has 0 bridgehead atoms. The number of hydrogen-bond acceptors (Lipinski definition) is 8. The van der Waals surface area contributed by atoms with E-state index in [4.69, 9.17) is 4.74 Å². The molecule has 13 heteroatoms. The van der Waals surface area contributed by atoms with Crippen LogP contribution in [-0.4, -0.2) is 111 Å². The van der Waals surface area contributed by atoms with Crippen LogP contribution < -0.4 is 20.3 Å². The highest BCUT2D eigenvalue weighted by Crippen LogP contribution is 2.33. The summed E-state index contributed by atoms with van der Waals surface area (Å²) in [4.78, 5) is 33.7. The van der Waals surface area contributed by atoms with E-state index in [9.17, 15) is 23.1 Å². The van der Waals surface area contributed by atoms with Crippen molar-refractivity contribution in [2.45, 2.75) is 63.4 Å². The van der Waals surface area contributed by atoms with E-state index in [0.29, 0.717) is 25.4 Å². The standard InChI is InChI=1S/C38H52N6O6S/c1-26(2)23-43(51(48,49)30-18-16-29(50-6)17-19-30)24-34(45)32(22-28-12-8-7-9-13-28)40-37(46)36(27(3)4)44-21-20-42(38(44)47)25-35-39-31-14-10-11-15-33(31)41(35)5/h7-19,26-27,32,34-36,39,45H,20-25H2,1-6H3,(H,40,46)/t32-,34-,35?,36-/m0/s1. The molecular weight excluding hydrogens is 669 g/mol. The molecule has 2 heterocycles. The number of rotatable bonds is 16. The molecule has 0 saturated carbocycles. The maximum Gasteiger partial charge on any atom is 0.320 e. The van der Waals surface area contributed by atoms with Crippen LogP contribution in [0.2, 0.25) is 0 Å². The van der Waals surface area contributed by atoms with Gasteiger partial charge in [0.2, 0.25) is 15.9 Å². The molecule has 3 aromatic carbocycles. The largest absolute Gasteiger partial charge is 0.497 e. The second-order valence-electron chi connectivity index (χ2n) is 14.2. The zero-order valence-corrected chi connectivity index (χ0v) is 31.2. The Morgan fingerprint density at radius 2 is 1.65 bits per heavy atom. The molecule has 2 aliphatic rings. The van der Waals surface area contributed by atoms with Crippen molar-refractivity contribution in [3.05, 3.63) is 84.4 Å². The number of aliphatic hydroxyl groups excluding tert-OH is 1. The van der Waals surface area contributed by atoms with Crippen molar-refractivity contribution in [2.75, 3.05) is 57.1 Å². The molecule has 0 aromatic heterocycles. The fourth-order valence-electron chi connectivity index (χ4n) is 6.89. The fraction of sp³-hybridized carbons (Fsp3) is 0.474. The lowest BCUT2D eigenvalue weighted by Gasteiger charge is -2.34. The van der Waals surface area contributed by atoms with E-state index in [1.54, 1.807) is 21.9 Å². The van der Waals surface area contributed by atoms with Crippen LogP contribution in [0.4, 0.5) is 16.2 Å². The van der Waals surface area contributed by atoms with Crippen LogP contribution in [0.25, 0.3) is 0 Å². The molecule has 4 atom stereocenters. The summed E-state index contributed by atoms with van der Waals surface area (Å²) in [6.07, 6.45) is -1.10. The minimum Gasteiger partial charge on any atom is -0.497 e. The number of ether oxygens (including phenoxy) is 1. The number of carbonyl (C=O) groups excluding carboxylic acids is 2. The predicted octanol–water partition coefficient (Wildman–Crippen LogP) is 4.08. The van der Waals surface area contributed by atoms with E-state index < -0.39 is 34.1 Å². The normalized spacial score (nSPS) is 17.9. The number of carbonyl (C=O) groups is 2. The number of nitrogens with zero attached hydrogens (tertiary/aromatic N) is 4. The Balaban J connectivity index is 1.33. The van der Waals surface area contributed by atoms with Gasteiger partial charge < -0.3 is 35.2 Å². The Bertz CT molecular complexity index is 1740. The molecule has 3 N–H and O–H groups in total. The molecule has 276 valence electrons. The van der Waals surface area contributed by atoms with Gasteiger partial charge in [-0.3, -0.25) is 4.79 Å². The number of urea groups is 1. The van der Waals surface area contributed by atoms with Crippen molar-refractivity contribution in [1.82, 2.24) is 19.4 Å². The zero-order valence-electron chi connectivity index (χ0n) is 30.4. The first-order valence-corrected chi connectivity index (χ1v) is 19.0. The van der Waals surface area contributed by atoms with Gasteiger partial charge in [0.05, 0.1) is 42.1 Å². The highest BCUT2D eigenvalue weighted by Gasteiger charge is 2.42. The number of anilines is 2. The number of sulfonamides is 1. The second-order valence-corrected chi connectivity index (χ2v) is 16.1. The molecule has 0 radical (unpaired) electrons. The van der Waals surface area contributed by atoms with Gasteiger partial charge in [-0.05, 0) is 60.2 Å². The number of aliphatic hydroxyl groups is 1. The van der Waals surface area contributed by atoms with E-state index in [1.165, 1.54) is 23.5 Å². The first kappa shape index (κ1) is 37.9. The van der Waals surface area contributed by atoms with Crippen LogP contribution in [0.15, 0.2) is 83.8 Å². The molecule has 0 aliphatic carbocycles. The number of para-hydroxylation sites is 2. The summed E-state index contributed by atoms with van der Waals surface area (Å²) >= 11 is 0. The highest BCUT2D eigenvalue weighted by atomic mass is 32.2. The van der Waals surface area contributed by atoms with Crippen molar-refractivity contribution < 1.29 is 27.9 Å². The number of amides is 3. The van der Waals surface area contributed by atoms with Crippen LogP contribution in [-0.2, 0) is 21.2 Å². The van der Waals surface area contributed by atoms with Crippen LogP contribution in [0.5, 0.6) is 5.75 Å². The Kier molecular flexibility index (Phi) is 12.2. The van der Waals surface area contributed by atoms with Crippen molar-refractivity contribution >= 4 is 33.3 Å². The molecule has 12 nitrogen and oxygen atoms in total. The summed E-state index contributed by atoms with van der Waals surface area (Å²) in [6, 6.07) is 21.7. The third-order valence-corrected chi connectivity index (χ3v) is 11.4. The van der Waals surface area contributed by atoms with Crippen LogP contribution in [0.3, 0.4) is 0 Å². The monoisotopic (exact) mass is 720 g/mol. The summed E-state index contributed by atoms with van der Waals surface area (Å²) in [7, 11) is -0.494. The van der Waals surface area contributed by atoms with Crippen LogP contribution in [0, 0.1) is 11.8 Å². The van der Waals surface area contributed by atoms with Crippen molar-refractivity contribution in [3.63, 3.8) is 0 Å².